The van der Waals surface area contributed by atoms with Gasteiger partial charge in [-0.2, -0.15) is 0 Å². The topological polar surface area (TPSA) is 81.8 Å². The summed E-state index contributed by atoms with van der Waals surface area (Å²) in [5.41, 5.74) is 1.01. The van der Waals surface area contributed by atoms with Crippen LogP contribution in [0.5, 0.6) is 0 Å². The van der Waals surface area contributed by atoms with Crippen LogP contribution >= 0.6 is 0 Å². The normalized spacial score (nSPS) is 14.0. The predicted molar refractivity (Wildman–Crippen MR) is 81.8 cm³/mol. The molecule has 2 aromatic rings. The minimum Gasteiger partial charge on any atom is -0.465 e. The van der Waals surface area contributed by atoms with Gasteiger partial charge in [-0.25, -0.2) is 4.79 Å². The average Bonchev–Trinajstić information content (AvgIpc) is 3.31. The highest BCUT2D eigenvalue weighted by atomic mass is 16.5. The highest BCUT2D eigenvalue weighted by Crippen LogP contribution is 2.27. The molecule has 0 saturated heterocycles. The first-order chi connectivity index (χ1) is 11.1. The summed E-state index contributed by atoms with van der Waals surface area (Å²) < 4.78 is 11.3. The van der Waals surface area contributed by atoms with Crippen molar-refractivity contribution in [2.75, 3.05) is 13.2 Å². The largest absolute Gasteiger partial charge is 0.465 e. The van der Waals surface area contributed by atoms with E-state index in [9.17, 15) is 14.4 Å². The smallest absolute Gasteiger partial charge is 0.420 e. The van der Waals surface area contributed by atoms with Crippen LogP contribution in [0.3, 0.4) is 0 Å². The summed E-state index contributed by atoms with van der Waals surface area (Å²) in [5.74, 6) is -1.29. The van der Waals surface area contributed by atoms with Crippen LogP contribution in [0.2, 0.25) is 0 Å². The van der Waals surface area contributed by atoms with Gasteiger partial charge in [0.1, 0.15) is 13.1 Å². The van der Waals surface area contributed by atoms with Crippen LogP contribution in [-0.2, 0) is 20.9 Å². The van der Waals surface area contributed by atoms with E-state index in [1.54, 1.807) is 31.2 Å². The third kappa shape index (κ3) is 3.28. The molecule has 1 saturated carbocycles. The Kier molecular flexibility index (Phi) is 4.18. The summed E-state index contributed by atoms with van der Waals surface area (Å²) in [5, 5.41) is 0. The number of hydrogen-bond donors (Lipinski definition) is 0. The zero-order chi connectivity index (χ0) is 16.4. The molecule has 1 aliphatic carbocycles. The highest BCUT2D eigenvalue weighted by Gasteiger charge is 2.34. The van der Waals surface area contributed by atoms with Crippen LogP contribution in [0.4, 0.5) is 0 Å². The third-order valence-electron chi connectivity index (χ3n) is 3.78. The monoisotopic (exact) mass is 318 g/mol. The van der Waals surface area contributed by atoms with Gasteiger partial charge in [0.15, 0.2) is 5.58 Å². The molecule has 0 atom stereocenters. The molecule has 0 bridgehead atoms. The van der Waals surface area contributed by atoms with Crippen LogP contribution in [0, 0.1) is 0 Å². The van der Waals surface area contributed by atoms with Crippen molar-refractivity contribution in [1.29, 1.82) is 0 Å². The van der Waals surface area contributed by atoms with Gasteiger partial charge < -0.3 is 14.1 Å². The lowest BCUT2D eigenvalue weighted by molar-refractivity contribution is -0.149. The van der Waals surface area contributed by atoms with Crippen LogP contribution in [-0.4, -0.2) is 40.5 Å². The lowest BCUT2D eigenvalue weighted by atomic mass is 10.3. The zero-order valence-electron chi connectivity index (χ0n) is 12.9. The van der Waals surface area contributed by atoms with Crippen molar-refractivity contribution in [2.45, 2.75) is 32.4 Å². The number of ether oxygens (including phenoxy) is 1. The van der Waals surface area contributed by atoms with Crippen molar-refractivity contribution in [1.82, 2.24) is 9.47 Å². The van der Waals surface area contributed by atoms with Gasteiger partial charge in [-0.05, 0) is 31.9 Å². The lowest BCUT2D eigenvalue weighted by Crippen LogP contribution is -2.41. The molecule has 1 amide bonds. The second-order valence-corrected chi connectivity index (χ2v) is 5.48. The maximum atomic E-state index is 12.5. The van der Waals surface area contributed by atoms with Crippen LogP contribution in [0.15, 0.2) is 33.5 Å². The quantitative estimate of drug-likeness (QED) is 0.746. The zero-order valence-corrected chi connectivity index (χ0v) is 12.9. The van der Waals surface area contributed by atoms with E-state index >= 15 is 0 Å². The second kappa shape index (κ2) is 6.28. The number of carbonyl (C=O) groups is 2. The molecule has 1 aromatic carbocycles. The van der Waals surface area contributed by atoms with E-state index in [0.29, 0.717) is 11.1 Å². The molecule has 0 unspecified atom stereocenters. The summed E-state index contributed by atoms with van der Waals surface area (Å²) >= 11 is 0. The number of fused-ring (bicyclic) bond motifs is 1. The van der Waals surface area contributed by atoms with Crippen molar-refractivity contribution in [3.8, 4) is 0 Å². The Bertz CT molecular complexity index is 787. The molecule has 1 aromatic heterocycles. The Labute approximate surface area is 132 Å². The lowest BCUT2D eigenvalue weighted by Gasteiger charge is -2.21. The van der Waals surface area contributed by atoms with Crippen LogP contribution < -0.4 is 5.76 Å². The van der Waals surface area contributed by atoms with Gasteiger partial charge in [0, 0.05) is 6.04 Å². The van der Waals surface area contributed by atoms with E-state index in [2.05, 4.69) is 0 Å². The minimum atomic E-state index is -0.577. The molecule has 0 spiro atoms. The van der Waals surface area contributed by atoms with Gasteiger partial charge in [0.25, 0.3) is 0 Å². The van der Waals surface area contributed by atoms with E-state index in [-0.39, 0.29) is 31.6 Å². The maximum Gasteiger partial charge on any atom is 0.420 e. The van der Waals surface area contributed by atoms with Crippen molar-refractivity contribution >= 4 is 23.0 Å². The molecular formula is C16H18N2O5. The van der Waals surface area contributed by atoms with E-state index < -0.39 is 11.7 Å². The van der Waals surface area contributed by atoms with Crippen molar-refractivity contribution < 1.29 is 18.7 Å². The van der Waals surface area contributed by atoms with E-state index in [1.807, 2.05) is 0 Å². The van der Waals surface area contributed by atoms with Crippen molar-refractivity contribution in [2.24, 2.45) is 0 Å². The number of para-hydroxylation sites is 2. The first-order valence-corrected chi connectivity index (χ1v) is 7.63. The summed E-state index contributed by atoms with van der Waals surface area (Å²) in [6, 6.07) is 6.99. The summed E-state index contributed by atoms with van der Waals surface area (Å²) in [7, 11) is 0. The molecule has 23 heavy (non-hydrogen) atoms. The fraction of sp³-hybridized carbons (Fsp3) is 0.438. The van der Waals surface area contributed by atoms with E-state index in [4.69, 9.17) is 9.15 Å². The minimum absolute atomic E-state index is 0.0563. The molecule has 0 aliphatic heterocycles. The SMILES string of the molecule is CCOC(=O)CN(C(=O)Cn1c(=O)oc2ccccc21)C1CC1. The molecule has 0 N–H and O–H groups in total. The van der Waals surface area contributed by atoms with Crippen molar-refractivity contribution in [3.05, 3.63) is 34.8 Å². The predicted octanol–water partition coefficient (Wildman–Crippen LogP) is 1.15. The maximum absolute atomic E-state index is 12.5. The third-order valence-corrected chi connectivity index (χ3v) is 3.78. The summed E-state index contributed by atoms with van der Waals surface area (Å²) in [6.07, 6.45) is 1.73. The van der Waals surface area contributed by atoms with Crippen LogP contribution in [0.1, 0.15) is 19.8 Å². The van der Waals surface area contributed by atoms with Crippen LogP contribution in [0.25, 0.3) is 11.1 Å². The molecule has 1 heterocycles. The van der Waals surface area contributed by atoms with Gasteiger partial charge in [0.2, 0.25) is 5.91 Å². The number of benzene rings is 1. The Morgan fingerprint density at radius 2 is 2.09 bits per heavy atom. The molecule has 1 fully saturated rings. The van der Waals surface area contributed by atoms with Crippen molar-refractivity contribution in [3.63, 3.8) is 0 Å². The Morgan fingerprint density at radius 3 is 2.78 bits per heavy atom. The summed E-state index contributed by atoms with van der Waals surface area (Å²) in [4.78, 5) is 37.6. The number of oxazole rings is 1. The molecule has 122 valence electrons. The molecule has 0 radical (unpaired) electrons. The second-order valence-electron chi connectivity index (χ2n) is 5.48. The Balaban J connectivity index is 1.79. The molecule has 7 nitrogen and oxygen atoms in total. The molecule has 7 heteroatoms. The highest BCUT2D eigenvalue weighted by molar-refractivity contribution is 5.84. The first-order valence-electron chi connectivity index (χ1n) is 7.63. The first kappa shape index (κ1) is 15.3. The number of aromatic nitrogens is 1. The number of hydrogen-bond acceptors (Lipinski definition) is 5. The van der Waals surface area contributed by atoms with Gasteiger partial charge in [0.05, 0.1) is 12.1 Å². The van der Waals surface area contributed by atoms with E-state index in [1.165, 1.54) is 9.47 Å². The van der Waals surface area contributed by atoms with Gasteiger partial charge in [-0.15, -0.1) is 0 Å². The number of nitrogens with zero attached hydrogens (tertiary/aromatic N) is 2. The number of amides is 1. The number of rotatable bonds is 6. The Hall–Kier alpha value is -2.57. The molecule has 3 rings (SSSR count). The van der Waals surface area contributed by atoms with E-state index in [0.717, 1.165) is 12.8 Å². The van der Waals surface area contributed by atoms with Gasteiger partial charge in [-0.3, -0.25) is 14.2 Å². The fourth-order valence-corrected chi connectivity index (χ4v) is 2.54. The van der Waals surface area contributed by atoms with Gasteiger partial charge in [-0.1, -0.05) is 12.1 Å². The number of carbonyl (C=O) groups excluding carboxylic acids is 2. The molecular weight excluding hydrogens is 300 g/mol. The van der Waals surface area contributed by atoms with Gasteiger partial charge >= 0.3 is 11.7 Å². The number of esters is 1. The molecule has 1 aliphatic rings. The Morgan fingerprint density at radius 1 is 1.35 bits per heavy atom. The summed E-state index contributed by atoms with van der Waals surface area (Å²) in [6.45, 7) is 1.77. The standard InChI is InChI=1S/C16H18N2O5/c1-2-22-15(20)10-17(11-7-8-11)14(19)9-18-12-5-3-4-6-13(12)23-16(18)21/h3-6,11H,2,7-10H2,1H3. The average molecular weight is 318 g/mol. The fourth-order valence-electron chi connectivity index (χ4n) is 2.54.